The second kappa shape index (κ2) is 11.6. The van der Waals surface area contributed by atoms with Crippen LogP contribution in [0, 0.1) is 0 Å². The standard InChI is InChI=1S/C33H25Br2N3O4/c1-41-24-14-21(15-25(17-24)42-2)33(40)38-29(19-8-10-22(34)11-9-19)18-28(37-38)31-30(20-6-4-3-5-7-20)26-16-23(35)12-13-27(26)36-32(31)39/h3-17,29H,18H2,1-2H3,(H,36,39)/t29-/m1/s1. The van der Waals surface area contributed by atoms with Crippen LogP contribution in [-0.2, 0) is 0 Å². The van der Waals surface area contributed by atoms with E-state index >= 15 is 0 Å². The Morgan fingerprint density at radius 2 is 1.52 bits per heavy atom. The molecule has 4 aromatic carbocycles. The Hall–Kier alpha value is -4.21. The minimum absolute atomic E-state index is 0.269. The highest BCUT2D eigenvalue weighted by atomic mass is 79.9. The first-order valence-electron chi connectivity index (χ1n) is 13.2. The van der Waals surface area contributed by atoms with Gasteiger partial charge in [0.2, 0.25) is 0 Å². The van der Waals surface area contributed by atoms with Gasteiger partial charge in [0.25, 0.3) is 11.5 Å². The number of carbonyl (C=O) groups is 1. The molecular formula is C33H25Br2N3O4. The van der Waals surface area contributed by atoms with Crippen molar-refractivity contribution in [1.82, 2.24) is 9.99 Å². The van der Waals surface area contributed by atoms with Gasteiger partial charge in [0.15, 0.2) is 0 Å². The Balaban J connectivity index is 1.56. The average Bonchev–Trinajstić information content (AvgIpc) is 3.45. The van der Waals surface area contributed by atoms with E-state index in [9.17, 15) is 9.59 Å². The van der Waals surface area contributed by atoms with Gasteiger partial charge in [0.1, 0.15) is 11.5 Å². The zero-order chi connectivity index (χ0) is 29.4. The molecule has 1 atom stereocenters. The molecule has 5 aromatic rings. The number of aromatic amines is 1. The normalized spacial score (nSPS) is 14.6. The zero-order valence-corrected chi connectivity index (χ0v) is 25.9. The van der Waals surface area contributed by atoms with Gasteiger partial charge in [-0.2, -0.15) is 5.10 Å². The highest BCUT2D eigenvalue weighted by molar-refractivity contribution is 9.10. The SMILES string of the molecule is COc1cc(OC)cc(C(=O)N2N=C(c3c(-c4ccccc4)c4cc(Br)ccc4[nH]c3=O)C[C@@H]2c2ccc(Br)cc2)c1. The molecule has 42 heavy (non-hydrogen) atoms. The molecule has 9 heteroatoms. The summed E-state index contributed by atoms with van der Waals surface area (Å²) in [7, 11) is 3.07. The van der Waals surface area contributed by atoms with Crippen molar-refractivity contribution in [3.8, 4) is 22.6 Å². The fourth-order valence-corrected chi connectivity index (χ4v) is 5.93. The molecule has 0 bridgehead atoms. The predicted octanol–water partition coefficient (Wildman–Crippen LogP) is 7.73. The Labute approximate surface area is 259 Å². The molecule has 0 fully saturated rings. The van der Waals surface area contributed by atoms with Gasteiger partial charge in [0.05, 0.1) is 31.5 Å². The second-order valence-electron chi connectivity index (χ2n) is 9.83. The quantitative estimate of drug-likeness (QED) is 0.198. The maximum absolute atomic E-state index is 14.1. The van der Waals surface area contributed by atoms with Crippen molar-refractivity contribution in [3.05, 3.63) is 127 Å². The van der Waals surface area contributed by atoms with E-state index < -0.39 is 6.04 Å². The summed E-state index contributed by atoms with van der Waals surface area (Å²) in [5.74, 6) is 0.643. The number of benzene rings is 4. The molecular weight excluding hydrogens is 662 g/mol. The summed E-state index contributed by atoms with van der Waals surface area (Å²) in [5.41, 5.74) is 4.30. The number of nitrogens with zero attached hydrogens (tertiary/aromatic N) is 2. The van der Waals surface area contributed by atoms with Crippen LogP contribution in [0.1, 0.15) is 33.9 Å². The van der Waals surface area contributed by atoms with E-state index in [2.05, 4.69) is 36.8 Å². The number of ether oxygens (including phenoxy) is 2. The van der Waals surface area contributed by atoms with Crippen molar-refractivity contribution in [2.24, 2.45) is 5.10 Å². The lowest BCUT2D eigenvalue weighted by Crippen LogP contribution is -2.27. The van der Waals surface area contributed by atoms with Gasteiger partial charge in [-0.1, -0.05) is 74.3 Å². The number of fused-ring (bicyclic) bond motifs is 1. The molecule has 0 saturated heterocycles. The van der Waals surface area contributed by atoms with Crippen LogP contribution < -0.4 is 15.0 Å². The highest BCUT2D eigenvalue weighted by Gasteiger charge is 2.36. The molecule has 0 aliphatic carbocycles. The average molecular weight is 687 g/mol. The van der Waals surface area contributed by atoms with Crippen LogP contribution in [-0.4, -0.2) is 35.8 Å². The Kier molecular flexibility index (Phi) is 7.70. The molecule has 0 spiro atoms. The minimum Gasteiger partial charge on any atom is -0.497 e. The number of methoxy groups -OCH3 is 2. The molecule has 2 heterocycles. The molecule has 1 aromatic heterocycles. The topological polar surface area (TPSA) is 84.0 Å². The van der Waals surface area contributed by atoms with Crippen molar-refractivity contribution < 1.29 is 14.3 Å². The van der Waals surface area contributed by atoms with E-state index in [-0.39, 0.29) is 11.5 Å². The summed E-state index contributed by atoms with van der Waals surface area (Å²) >= 11 is 7.09. The number of amides is 1. The lowest BCUT2D eigenvalue weighted by Gasteiger charge is -2.22. The number of rotatable bonds is 6. The number of H-pyrrole nitrogens is 1. The van der Waals surface area contributed by atoms with Crippen LogP contribution in [0.25, 0.3) is 22.0 Å². The zero-order valence-electron chi connectivity index (χ0n) is 22.7. The van der Waals surface area contributed by atoms with E-state index in [0.717, 1.165) is 31.0 Å². The van der Waals surface area contributed by atoms with Gasteiger partial charge >= 0.3 is 0 Å². The molecule has 7 nitrogen and oxygen atoms in total. The Morgan fingerprint density at radius 3 is 2.19 bits per heavy atom. The maximum atomic E-state index is 14.1. The van der Waals surface area contributed by atoms with E-state index in [1.807, 2.05) is 72.8 Å². The van der Waals surface area contributed by atoms with Gasteiger partial charge in [-0.3, -0.25) is 9.59 Å². The van der Waals surface area contributed by atoms with Crippen LogP contribution in [0.2, 0.25) is 0 Å². The van der Waals surface area contributed by atoms with E-state index in [1.54, 1.807) is 18.2 Å². The van der Waals surface area contributed by atoms with Crippen LogP contribution in [0.3, 0.4) is 0 Å². The largest absolute Gasteiger partial charge is 0.497 e. The smallest absolute Gasteiger partial charge is 0.274 e. The van der Waals surface area contributed by atoms with E-state index in [0.29, 0.717) is 40.3 Å². The monoisotopic (exact) mass is 685 g/mol. The first-order chi connectivity index (χ1) is 20.4. The van der Waals surface area contributed by atoms with Gasteiger partial charge in [-0.25, -0.2) is 5.01 Å². The third-order valence-electron chi connectivity index (χ3n) is 7.30. The first kappa shape index (κ1) is 27.9. The van der Waals surface area contributed by atoms with E-state index in [4.69, 9.17) is 14.6 Å². The van der Waals surface area contributed by atoms with Crippen molar-refractivity contribution >= 4 is 54.4 Å². The predicted molar refractivity (Wildman–Crippen MR) is 171 cm³/mol. The number of hydrogen-bond donors (Lipinski definition) is 1. The molecule has 0 radical (unpaired) electrons. The van der Waals surface area contributed by atoms with Crippen LogP contribution in [0.4, 0.5) is 0 Å². The third kappa shape index (κ3) is 5.26. The number of pyridine rings is 1. The van der Waals surface area contributed by atoms with Gasteiger partial charge < -0.3 is 14.5 Å². The Morgan fingerprint density at radius 1 is 0.857 bits per heavy atom. The molecule has 1 aliphatic heterocycles. The summed E-state index contributed by atoms with van der Waals surface area (Å²) in [5, 5.41) is 7.21. The number of carbonyl (C=O) groups excluding carboxylic acids is 1. The van der Waals surface area contributed by atoms with E-state index in [1.165, 1.54) is 19.2 Å². The molecule has 1 aliphatic rings. The van der Waals surface area contributed by atoms with Gasteiger partial charge in [0, 0.05) is 43.5 Å². The molecule has 6 rings (SSSR count). The fourth-order valence-electron chi connectivity index (χ4n) is 5.30. The van der Waals surface area contributed by atoms with Crippen molar-refractivity contribution in [3.63, 3.8) is 0 Å². The molecule has 1 N–H and O–H groups in total. The summed E-state index contributed by atoms with van der Waals surface area (Å²) in [4.78, 5) is 31.0. The molecule has 0 unspecified atom stereocenters. The number of hydrazone groups is 1. The second-order valence-corrected chi connectivity index (χ2v) is 11.7. The van der Waals surface area contributed by atoms with Gasteiger partial charge in [-0.15, -0.1) is 0 Å². The van der Waals surface area contributed by atoms with Crippen molar-refractivity contribution in [1.29, 1.82) is 0 Å². The van der Waals surface area contributed by atoms with Gasteiger partial charge in [-0.05, 0) is 53.6 Å². The summed E-state index contributed by atoms with van der Waals surface area (Å²) in [6, 6.07) is 27.9. The maximum Gasteiger partial charge on any atom is 0.274 e. The third-order valence-corrected chi connectivity index (χ3v) is 8.32. The summed E-state index contributed by atoms with van der Waals surface area (Å²) in [6.07, 6.45) is 0.344. The fraction of sp³-hybridized carbons (Fsp3) is 0.121. The number of nitrogens with one attached hydrogen (secondary N) is 1. The lowest BCUT2D eigenvalue weighted by atomic mass is 9.91. The first-order valence-corrected chi connectivity index (χ1v) is 14.8. The van der Waals surface area contributed by atoms with Crippen molar-refractivity contribution in [2.75, 3.05) is 14.2 Å². The minimum atomic E-state index is -0.445. The summed E-state index contributed by atoms with van der Waals surface area (Å²) < 4.78 is 12.6. The van der Waals surface area contributed by atoms with Crippen LogP contribution >= 0.6 is 31.9 Å². The number of halogens is 2. The summed E-state index contributed by atoms with van der Waals surface area (Å²) in [6.45, 7) is 0. The lowest BCUT2D eigenvalue weighted by molar-refractivity contribution is 0.0710. The highest BCUT2D eigenvalue weighted by Crippen LogP contribution is 2.39. The molecule has 210 valence electrons. The molecule has 0 saturated carbocycles. The molecule has 1 amide bonds. The number of aromatic nitrogens is 1. The van der Waals surface area contributed by atoms with Crippen molar-refractivity contribution in [2.45, 2.75) is 12.5 Å². The number of hydrogen-bond acceptors (Lipinski definition) is 5. The van der Waals surface area contributed by atoms with Crippen LogP contribution in [0.5, 0.6) is 11.5 Å². The van der Waals surface area contributed by atoms with Crippen LogP contribution in [0.15, 0.2) is 110 Å². The Bertz CT molecular complexity index is 1880.